The second-order valence-electron chi connectivity index (χ2n) is 4.52. The monoisotopic (exact) mass is 272 g/mol. The number of nitrogens with one attached hydrogen (secondary N) is 1. The van der Waals surface area contributed by atoms with Gasteiger partial charge in [-0.3, -0.25) is 4.68 Å². The summed E-state index contributed by atoms with van der Waals surface area (Å²) >= 11 is 1.74. The molecule has 0 unspecified atom stereocenters. The molecular formula is C14H16N4S. The second-order valence-corrected chi connectivity index (χ2v) is 5.63. The molecule has 0 fully saturated rings. The number of thiazole rings is 1. The summed E-state index contributed by atoms with van der Waals surface area (Å²) in [5, 5.41) is 8.70. The van der Waals surface area contributed by atoms with Crippen LogP contribution in [0.1, 0.15) is 16.3 Å². The van der Waals surface area contributed by atoms with Gasteiger partial charge in [-0.1, -0.05) is 12.1 Å². The number of hydrogen-bond donors (Lipinski definition) is 1. The highest BCUT2D eigenvalue weighted by Crippen LogP contribution is 2.22. The smallest absolute Gasteiger partial charge is 0.115 e. The number of hydrogen-bond acceptors (Lipinski definition) is 4. The standard InChI is InChI=1S/C14H16N4S/c1-10-11(7-15-2)8-16-18(10)9-14-17-12-5-3-4-6-13(12)19-14/h3-6,8,15H,7,9H2,1-2H3. The van der Waals surface area contributed by atoms with Crippen molar-refractivity contribution in [1.29, 1.82) is 0 Å². The first-order valence-corrected chi connectivity index (χ1v) is 7.10. The normalized spacial score (nSPS) is 11.3. The van der Waals surface area contributed by atoms with Crippen LogP contribution in [0.3, 0.4) is 0 Å². The lowest BCUT2D eigenvalue weighted by molar-refractivity contribution is 0.660. The van der Waals surface area contributed by atoms with Crippen molar-refractivity contribution in [1.82, 2.24) is 20.1 Å². The summed E-state index contributed by atoms with van der Waals surface area (Å²) in [5.74, 6) is 0. The van der Waals surface area contributed by atoms with Crippen molar-refractivity contribution in [3.63, 3.8) is 0 Å². The topological polar surface area (TPSA) is 42.7 Å². The van der Waals surface area contributed by atoms with Gasteiger partial charge in [-0.05, 0) is 26.1 Å². The van der Waals surface area contributed by atoms with Crippen molar-refractivity contribution in [2.24, 2.45) is 0 Å². The van der Waals surface area contributed by atoms with Gasteiger partial charge in [-0.25, -0.2) is 4.98 Å². The van der Waals surface area contributed by atoms with E-state index < -0.39 is 0 Å². The summed E-state index contributed by atoms with van der Waals surface area (Å²) < 4.78 is 3.25. The summed E-state index contributed by atoms with van der Waals surface area (Å²) in [6.45, 7) is 3.70. The number of nitrogens with zero attached hydrogens (tertiary/aromatic N) is 3. The maximum atomic E-state index is 4.65. The Labute approximate surface area is 116 Å². The predicted molar refractivity (Wildman–Crippen MR) is 78.4 cm³/mol. The van der Waals surface area contributed by atoms with E-state index in [0.29, 0.717) is 0 Å². The minimum absolute atomic E-state index is 0.745. The number of benzene rings is 1. The molecule has 1 N–H and O–H groups in total. The zero-order chi connectivity index (χ0) is 13.2. The molecule has 0 saturated carbocycles. The summed E-state index contributed by atoms with van der Waals surface area (Å²) in [7, 11) is 1.95. The average Bonchev–Trinajstić information content (AvgIpc) is 2.96. The van der Waals surface area contributed by atoms with Crippen molar-refractivity contribution in [2.45, 2.75) is 20.0 Å². The largest absolute Gasteiger partial charge is 0.316 e. The first kappa shape index (κ1) is 12.3. The molecule has 0 atom stereocenters. The van der Waals surface area contributed by atoms with Crippen LogP contribution in [0, 0.1) is 6.92 Å². The second kappa shape index (κ2) is 5.11. The molecule has 0 spiro atoms. The minimum Gasteiger partial charge on any atom is -0.316 e. The lowest BCUT2D eigenvalue weighted by Crippen LogP contribution is -2.08. The summed E-state index contributed by atoms with van der Waals surface area (Å²) in [4.78, 5) is 4.65. The Hall–Kier alpha value is -1.72. The Balaban J connectivity index is 1.88. The molecule has 0 bridgehead atoms. The Morgan fingerprint density at radius 2 is 2.16 bits per heavy atom. The first-order valence-electron chi connectivity index (χ1n) is 6.28. The van der Waals surface area contributed by atoms with Crippen molar-refractivity contribution in [3.8, 4) is 0 Å². The van der Waals surface area contributed by atoms with Crippen LogP contribution in [0.4, 0.5) is 0 Å². The van der Waals surface area contributed by atoms with Crippen LogP contribution in [-0.2, 0) is 13.1 Å². The average molecular weight is 272 g/mol. The maximum Gasteiger partial charge on any atom is 0.115 e. The molecule has 3 rings (SSSR count). The van der Waals surface area contributed by atoms with Gasteiger partial charge in [0.05, 0.1) is 23.0 Å². The molecule has 1 aromatic carbocycles. The van der Waals surface area contributed by atoms with Crippen LogP contribution in [0.25, 0.3) is 10.2 Å². The molecular weight excluding hydrogens is 256 g/mol. The highest BCUT2D eigenvalue weighted by Gasteiger charge is 2.09. The van der Waals surface area contributed by atoms with Crippen LogP contribution in [0.15, 0.2) is 30.5 Å². The van der Waals surface area contributed by atoms with Gasteiger partial charge in [0.1, 0.15) is 5.01 Å². The fourth-order valence-corrected chi connectivity index (χ4v) is 3.07. The number of rotatable bonds is 4. The quantitative estimate of drug-likeness (QED) is 0.794. The summed E-state index contributed by atoms with van der Waals surface area (Å²) in [5.41, 5.74) is 3.51. The van der Waals surface area contributed by atoms with E-state index in [1.807, 2.05) is 24.0 Å². The molecule has 5 heteroatoms. The van der Waals surface area contributed by atoms with Crippen LogP contribution in [0.5, 0.6) is 0 Å². The van der Waals surface area contributed by atoms with Crippen molar-refractivity contribution < 1.29 is 0 Å². The number of aromatic nitrogens is 3. The van der Waals surface area contributed by atoms with Gasteiger partial charge in [0.15, 0.2) is 0 Å². The highest BCUT2D eigenvalue weighted by atomic mass is 32.1. The molecule has 0 saturated heterocycles. The molecule has 0 aliphatic carbocycles. The Kier molecular flexibility index (Phi) is 3.31. The lowest BCUT2D eigenvalue weighted by Gasteiger charge is -2.02. The van der Waals surface area contributed by atoms with Crippen LogP contribution in [0.2, 0.25) is 0 Å². The molecule has 0 amide bonds. The van der Waals surface area contributed by atoms with E-state index >= 15 is 0 Å². The SMILES string of the molecule is CNCc1cnn(Cc2nc3ccccc3s2)c1C. The van der Waals surface area contributed by atoms with Gasteiger partial charge < -0.3 is 5.32 Å². The van der Waals surface area contributed by atoms with Gasteiger partial charge in [0, 0.05) is 17.8 Å². The van der Waals surface area contributed by atoms with Crippen molar-refractivity contribution in [3.05, 3.63) is 46.7 Å². The highest BCUT2D eigenvalue weighted by molar-refractivity contribution is 7.18. The molecule has 2 aromatic heterocycles. The molecule has 0 radical (unpaired) electrons. The van der Waals surface area contributed by atoms with E-state index in [2.05, 4.69) is 40.5 Å². The third-order valence-corrected chi connectivity index (χ3v) is 4.22. The van der Waals surface area contributed by atoms with Gasteiger partial charge in [-0.15, -0.1) is 11.3 Å². The summed E-state index contributed by atoms with van der Waals surface area (Å²) in [6.07, 6.45) is 1.93. The van der Waals surface area contributed by atoms with Crippen molar-refractivity contribution in [2.75, 3.05) is 7.05 Å². The van der Waals surface area contributed by atoms with E-state index in [9.17, 15) is 0 Å². The lowest BCUT2D eigenvalue weighted by atomic mass is 10.2. The molecule has 98 valence electrons. The van der Waals surface area contributed by atoms with Crippen LogP contribution < -0.4 is 5.32 Å². The molecule has 2 heterocycles. The van der Waals surface area contributed by atoms with Crippen LogP contribution in [-0.4, -0.2) is 21.8 Å². The van der Waals surface area contributed by atoms with Crippen LogP contribution >= 0.6 is 11.3 Å². The van der Waals surface area contributed by atoms with E-state index in [-0.39, 0.29) is 0 Å². The minimum atomic E-state index is 0.745. The maximum absolute atomic E-state index is 4.65. The number of para-hydroxylation sites is 1. The van der Waals surface area contributed by atoms with Gasteiger partial charge in [-0.2, -0.15) is 5.10 Å². The molecule has 3 aromatic rings. The zero-order valence-corrected chi connectivity index (χ0v) is 11.9. The molecule has 19 heavy (non-hydrogen) atoms. The third-order valence-electron chi connectivity index (χ3n) is 3.20. The predicted octanol–water partition coefficient (Wildman–Crippen LogP) is 2.57. The van der Waals surface area contributed by atoms with Gasteiger partial charge in [0.2, 0.25) is 0 Å². The Morgan fingerprint density at radius 1 is 1.32 bits per heavy atom. The van der Waals surface area contributed by atoms with Crippen molar-refractivity contribution >= 4 is 21.6 Å². The first-order chi connectivity index (χ1) is 9.28. The fourth-order valence-electron chi connectivity index (χ4n) is 2.12. The molecule has 0 aliphatic heterocycles. The number of fused-ring (bicyclic) bond motifs is 1. The fraction of sp³-hybridized carbons (Fsp3) is 0.286. The summed E-state index contributed by atoms with van der Waals surface area (Å²) in [6, 6.07) is 8.24. The van der Waals surface area contributed by atoms with E-state index in [1.165, 1.54) is 16.0 Å². The Bertz CT molecular complexity index is 665. The zero-order valence-electron chi connectivity index (χ0n) is 11.1. The Morgan fingerprint density at radius 3 is 2.95 bits per heavy atom. The van der Waals surface area contributed by atoms with E-state index in [0.717, 1.165) is 23.6 Å². The van der Waals surface area contributed by atoms with Gasteiger partial charge >= 0.3 is 0 Å². The molecule has 4 nitrogen and oxygen atoms in total. The molecule has 0 aliphatic rings. The van der Waals surface area contributed by atoms with E-state index in [1.54, 1.807) is 11.3 Å². The van der Waals surface area contributed by atoms with E-state index in [4.69, 9.17) is 0 Å². The van der Waals surface area contributed by atoms with Gasteiger partial charge in [0.25, 0.3) is 0 Å². The third kappa shape index (κ3) is 2.39.